The van der Waals surface area contributed by atoms with E-state index in [-0.39, 0.29) is 6.04 Å². The second kappa shape index (κ2) is 8.07. The van der Waals surface area contributed by atoms with Crippen LogP contribution in [0.3, 0.4) is 0 Å². The fourth-order valence-corrected chi connectivity index (χ4v) is 5.58. The Morgan fingerprint density at radius 3 is 2.53 bits per heavy atom. The first kappa shape index (κ1) is 19.6. The zero-order valence-electron chi connectivity index (χ0n) is 18.0. The second-order valence-electron chi connectivity index (χ2n) is 9.15. The van der Waals surface area contributed by atoms with Crippen LogP contribution >= 0.6 is 0 Å². The summed E-state index contributed by atoms with van der Waals surface area (Å²) in [5.74, 6) is 3.66. The molecule has 2 fully saturated rings. The van der Waals surface area contributed by atoms with Gasteiger partial charge in [-0.05, 0) is 84.7 Å². The van der Waals surface area contributed by atoms with Gasteiger partial charge in [0, 0.05) is 12.6 Å². The van der Waals surface area contributed by atoms with Gasteiger partial charge in [-0.25, -0.2) is 0 Å². The largest absolute Gasteiger partial charge is 0.454 e. The Hall–Kier alpha value is -2.33. The predicted octanol–water partition coefficient (Wildman–Crippen LogP) is 5.36. The Balaban J connectivity index is 1.39. The maximum Gasteiger partial charge on any atom is 0.231 e. The summed E-state index contributed by atoms with van der Waals surface area (Å²) in [6.45, 7) is 6.12. The molecule has 5 rings (SSSR count). The van der Waals surface area contributed by atoms with Crippen molar-refractivity contribution in [3.05, 3.63) is 58.7 Å². The number of hydrogen-bond acceptors (Lipinski definition) is 4. The third-order valence-corrected chi connectivity index (χ3v) is 7.29. The van der Waals surface area contributed by atoms with Gasteiger partial charge >= 0.3 is 0 Å². The molecule has 1 saturated heterocycles. The molecule has 2 heterocycles. The molecule has 1 saturated carbocycles. The van der Waals surface area contributed by atoms with Gasteiger partial charge in [-0.3, -0.25) is 4.90 Å². The number of aryl methyl sites for hydroxylation is 1. The van der Waals surface area contributed by atoms with Crippen molar-refractivity contribution < 1.29 is 14.3 Å². The first-order valence-corrected chi connectivity index (χ1v) is 11.4. The van der Waals surface area contributed by atoms with Crippen molar-refractivity contribution in [1.29, 1.82) is 0 Å². The minimum atomic E-state index is 0.278. The molecule has 3 aliphatic rings. The Morgan fingerprint density at radius 1 is 1.13 bits per heavy atom. The Bertz CT molecular complexity index is 919. The third-order valence-electron chi connectivity index (χ3n) is 7.29. The highest BCUT2D eigenvalue weighted by atomic mass is 16.7. The number of likely N-dealkylation sites (tertiary alicyclic amines) is 1. The minimum Gasteiger partial charge on any atom is -0.454 e. The van der Waals surface area contributed by atoms with Gasteiger partial charge in [0.15, 0.2) is 11.5 Å². The molecule has 3 atom stereocenters. The number of ether oxygens (including phenoxy) is 2. The molecule has 0 radical (unpaired) electrons. The lowest BCUT2D eigenvalue weighted by Gasteiger charge is -2.23. The Labute approximate surface area is 179 Å². The molecule has 158 valence electrons. The van der Waals surface area contributed by atoms with Crippen LogP contribution in [0.1, 0.15) is 72.7 Å². The number of carbonyl (C=O) groups excluding carboxylic acids is 1. The first-order valence-electron chi connectivity index (χ1n) is 11.4. The van der Waals surface area contributed by atoms with Gasteiger partial charge in [0.05, 0.1) is 6.54 Å². The summed E-state index contributed by atoms with van der Waals surface area (Å²) in [5, 5.41) is 0. The normalized spacial score (nSPS) is 24.2. The fourth-order valence-electron chi connectivity index (χ4n) is 5.58. The van der Waals surface area contributed by atoms with E-state index in [1.54, 1.807) is 0 Å². The number of aldehydes is 1. The standard InChI is InChI=1S/C26H31NO3/c1-3-22(18-4-5-18)19-6-8-20(9-7-19)24-13-21(15-27(24)10-11-28)23-14-26-25(12-17(23)2)29-16-30-26/h6-9,11-12,14,18,21-22,24H,3-5,10,13,15-16H2,1-2H3/t21-,22?,24-/m1/s1. The minimum absolute atomic E-state index is 0.278. The lowest BCUT2D eigenvalue weighted by molar-refractivity contribution is -0.109. The highest BCUT2D eigenvalue weighted by Gasteiger charge is 2.36. The van der Waals surface area contributed by atoms with E-state index in [2.05, 4.69) is 55.1 Å². The summed E-state index contributed by atoms with van der Waals surface area (Å²) in [7, 11) is 0. The van der Waals surface area contributed by atoms with Gasteiger partial charge in [0.2, 0.25) is 6.79 Å². The summed E-state index contributed by atoms with van der Waals surface area (Å²) < 4.78 is 11.1. The smallest absolute Gasteiger partial charge is 0.231 e. The fraction of sp³-hybridized carbons (Fsp3) is 0.500. The summed E-state index contributed by atoms with van der Waals surface area (Å²) in [6, 6.07) is 13.8. The molecule has 2 aromatic rings. The summed E-state index contributed by atoms with van der Waals surface area (Å²) in [5.41, 5.74) is 5.36. The van der Waals surface area contributed by atoms with Crippen molar-refractivity contribution >= 4 is 6.29 Å². The van der Waals surface area contributed by atoms with Crippen LogP contribution in [0.5, 0.6) is 11.5 Å². The zero-order valence-corrected chi connectivity index (χ0v) is 18.0. The quantitative estimate of drug-likeness (QED) is 0.582. The van der Waals surface area contributed by atoms with Gasteiger partial charge in [-0.2, -0.15) is 0 Å². The van der Waals surface area contributed by atoms with Crippen LogP contribution in [0.25, 0.3) is 0 Å². The lowest BCUT2D eigenvalue weighted by Crippen LogP contribution is -2.25. The SMILES string of the molecule is CCC(c1ccc([C@H]2C[C@@H](c3cc4c(cc3C)OCO4)CN2CC=O)cc1)C1CC1. The van der Waals surface area contributed by atoms with E-state index >= 15 is 0 Å². The van der Waals surface area contributed by atoms with Crippen LogP contribution in [0.2, 0.25) is 0 Å². The molecule has 4 heteroatoms. The highest BCUT2D eigenvalue weighted by molar-refractivity contribution is 5.53. The molecule has 1 aliphatic carbocycles. The number of fused-ring (bicyclic) bond motifs is 1. The van der Waals surface area contributed by atoms with Gasteiger partial charge in [0.25, 0.3) is 0 Å². The van der Waals surface area contributed by atoms with Crippen LogP contribution in [-0.2, 0) is 4.79 Å². The molecule has 0 spiro atoms. The summed E-state index contributed by atoms with van der Waals surface area (Å²) in [6.07, 6.45) is 6.04. The van der Waals surface area contributed by atoms with Crippen molar-refractivity contribution in [2.75, 3.05) is 19.9 Å². The van der Waals surface area contributed by atoms with E-state index < -0.39 is 0 Å². The van der Waals surface area contributed by atoms with Gasteiger partial charge < -0.3 is 14.3 Å². The summed E-state index contributed by atoms with van der Waals surface area (Å²) in [4.78, 5) is 13.7. The molecule has 2 aromatic carbocycles. The second-order valence-corrected chi connectivity index (χ2v) is 9.15. The summed E-state index contributed by atoms with van der Waals surface area (Å²) >= 11 is 0. The number of hydrogen-bond donors (Lipinski definition) is 0. The van der Waals surface area contributed by atoms with Crippen molar-refractivity contribution in [1.82, 2.24) is 4.90 Å². The van der Waals surface area contributed by atoms with Crippen molar-refractivity contribution in [2.24, 2.45) is 5.92 Å². The van der Waals surface area contributed by atoms with E-state index in [1.165, 1.54) is 41.5 Å². The third kappa shape index (κ3) is 3.62. The average molecular weight is 406 g/mol. The van der Waals surface area contributed by atoms with E-state index in [0.29, 0.717) is 25.2 Å². The molecule has 0 aromatic heterocycles. The molecule has 0 amide bonds. The van der Waals surface area contributed by atoms with Crippen LogP contribution in [-0.4, -0.2) is 31.1 Å². The molecule has 2 aliphatic heterocycles. The van der Waals surface area contributed by atoms with Gasteiger partial charge in [0.1, 0.15) is 6.29 Å². The maximum absolute atomic E-state index is 11.4. The topological polar surface area (TPSA) is 38.8 Å². The lowest BCUT2D eigenvalue weighted by atomic mass is 9.88. The molecule has 1 unspecified atom stereocenters. The monoisotopic (exact) mass is 405 g/mol. The molecular formula is C26H31NO3. The van der Waals surface area contributed by atoms with Crippen LogP contribution in [0, 0.1) is 12.8 Å². The van der Waals surface area contributed by atoms with E-state index in [1.807, 2.05) is 0 Å². The molecule has 0 N–H and O–H groups in total. The number of rotatable bonds is 7. The van der Waals surface area contributed by atoms with Gasteiger partial charge in [-0.1, -0.05) is 31.2 Å². The van der Waals surface area contributed by atoms with Crippen LogP contribution < -0.4 is 9.47 Å². The Kier molecular flexibility index (Phi) is 5.28. The average Bonchev–Trinajstić information content (AvgIpc) is 3.33. The zero-order chi connectivity index (χ0) is 20.7. The first-order chi connectivity index (χ1) is 14.7. The predicted molar refractivity (Wildman–Crippen MR) is 117 cm³/mol. The van der Waals surface area contributed by atoms with E-state index in [9.17, 15) is 4.79 Å². The van der Waals surface area contributed by atoms with Crippen molar-refractivity contribution in [3.63, 3.8) is 0 Å². The van der Waals surface area contributed by atoms with E-state index in [4.69, 9.17) is 9.47 Å². The molecule has 30 heavy (non-hydrogen) atoms. The number of carbonyl (C=O) groups is 1. The number of nitrogens with zero attached hydrogens (tertiary/aromatic N) is 1. The molecular weight excluding hydrogens is 374 g/mol. The van der Waals surface area contributed by atoms with Crippen LogP contribution in [0.4, 0.5) is 0 Å². The molecule has 0 bridgehead atoms. The highest BCUT2D eigenvalue weighted by Crippen LogP contribution is 2.46. The van der Waals surface area contributed by atoms with Crippen molar-refractivity contribution in [2.45, 2.75) is 57.4 Å². The van der Waals surface area contributed by atoms with E-state index in [0.717, 1.165) is 36.7 Å². The van der Waals surface area contributed by atoms with Gasteiger partial charge in [-0.15, -0.1) is 0 Å². The Morgan fingerprint density at radius 2 is 1.87 bits per heavy atom. The van der Waals surface area contributed by atoms with Crippen LogP contribution in [0.15, 0.2) is 36.4 Å². The maximum atomic E-state index is 11.4. The molecule has 4 nitrogen and oxygen atoms in total. The number of benzene rings is 2. The van der Waals surface area contributed by atoms with Crippen molar-refractivity contribution in [3.8, 4) is 11.5 Å².